The molecule has 0 spiro atoms. The molecule has 6 heteroatoms. The molecule has 2 heterocycles. The van der Waals surface area contributed by atoms with Crippen LogP contribution in [-0.2, 0) is 11.8 Å². The van der Waals surface area contributed by atoms with Gasteiger partial charge in [-0.3, -0.25) is 4.79 Å². The van der Waals surface area contributed by atoms with Crippen LogP contribution in [0.2, 0.25) is 0 Å². The molecular formula is C22H30N4OS. The van der Waals surface area contributed by atoms with E-state index in [2.05, 4.69) is 54.9 Å². The summed E-state index contributed by atoms with van der Waals surface area (Å²) in [6.07, 6.45) is 3.46. The third kappa shape index (κ3) is 3.59. The van der Waals surface area contributed by atoms with Gasteiger partial charge in [0.1, 0.15) is 0 Å². The summed E-state index contributed by atoms with van der Waals surface area (Å²) in [6.45, 7) is 10.00. The van der Waals surface area contributed by atoms with Crippen molar-refractivity contribution in [2.45, 2.75) is 58.2 Å². The van der Waals surface area contributed by atoms with Crippen molar-refractivity contribution in [1.29, 1.82) is 0 Å². The quantitative estimate of drug-likeness (QED) is 0.720. The van der Waals surface area contributed by atoms with Crippen LogP contribution in [0.5, 0.6) is 0 Å². The molecule has 5 nitrogen and oxygen atoms in total. The van der Waals surface area contributed by atoms with E-state index in [1.165, 1.54) is 23.7 Å². The number of benzene rings is 1. The van der Waals surface area contributed by atoms with Crippen molar-refractivity contribution in [2.75, 3.05) is 12.3 Å². The van der Waals surface area contributed by atoms with Crippen LogP contribution in [0.1, 0.15) is 45.6 Å². The summed E-state index contributed by atoms with van der Waals surface area (Å²) in [7, 11) is 1.97. The van der Waals surface area contributed by atoms with Crippen LogP contribution in [-0.4, -0.2) is 43.9 Å². The lowest BCUT2D eigenvalue weighted by molar-refractivity contribution is -0.129. The Hall–Kier alpha value is -1.82. The van der Waals surface area contributed by atoms with Gasteiger partial charge in [0, 0.05) is 25.2 Å². The molecule has 2 aromatic rings. The number of aryl methyl sites for hydroxylation is 1. The lowest BCUT2D eigenvalue weighted by Gasteiger charge is -2.39. The number of aromatic nitrogens is 3. The molecule has 150 valence electrons. The fourth-order valence-electron chi connectivity index (χ4n) is 5.46. The molecular weight excluding hydrogens is 368 g/mol. The highest BCUT2D eigenvalue weighted by molar-refractivity contribution is 7.99. The smallest absolute Gasteiger partial charge is 0.233 e. The van der Waals surface area contributed by atoms with E-state index in [9.17, 15) is 4.79 Å². The Morgan fingerprint density at radius 3 is 2.71 bits per heavy atom. The molecule has 1 aromatic heterocycles. The van der Waals surface area contributed by atoms with Gasteiger partial charge >= 0.3 is 0 Å². The van der Waals surface area contributed by atoms with Gasteiger partial charge in [0.2, 0.25) is 5.91 Å². The van der Waals surface area contributed by atoms with Crippen molar-refractivity contribution in [2.24, 2.45) is 17.9 Å². The van der Waals surface area contributed by atoms with E-state index in [0.717, 1.165) is 35.9 Å². The maximum atomic E-state index is 13.0. The first-order valence-corrected chi connectivity index (χ1v) is 11.0. The number of likely N-dealkylation sites (tertiary alicyclic amines) is 1. The topological polar surface area (TPSA) is 51.0 Å². The van der Waals surface area contributed by atoms with Crippen molar-refractivity contribution >= 4 is 17.7 Å². The van der Waals surface area contributed by atoms with Crippen LogP contribution in [0.15, 0.2) is 29.4 Å². The molecule has 1 aromatic carbocycles. The molecule has 1 aliphatic heterocycles. The van der Waals surface area contributed by atoms with E-state index in [1.807, 2.05) is 23.7 Å². The molecule has 4 rings (SSSR count). The van der Waals surface area contributed by atoms with Gasteiger partial charge in [-0.15, -0.1) is 10.2 Å². The zero-order valence-electron chi connectivity index (χ0n) is 17.5. The van der Waals surface area contributed by atoms with Crippen molar-refractivity contribution in [3.63, 3.8) is 0 Å². The molecule has 1 saturated carbocycles. The predicted molar refractivity (Wildman–Crippen MR) is 113 cm³/mol. The van der Waals surface area contributed by atoms with Crippen molar-refractivity contribution in [3.05, 3.63) is 29.8 Å². The number of rotatable bonds is 4. The lowest BCUT2D eigenvalue weighted by Crippen LogP contribution is -2.38. The standard InChI is InChI=1S/C22H30N4OS/c1-15-8-6-7-9-17(15)19-23-24-20(25(19)5)28-12-18(27)26-14-22(4)11-16(26)10-21(2,3)13-22/h6-9,16H,10-14H2,1-5H3/t16-,22+/m1/s1. The van der Waals surface area contributed by atoms with E-state index < -0.39 is 0 Å². The zero-order chi connectivity index (χ0) is 20.1. The van der Waals surface area contributed by atoms with Crippen LogP contribution in [0.25, 0.3) is 11.4 Å². The Morgan fingerprint density at radius 1 is 1.21 bits per heavy atom. The molecule has 2 aliphatic rings. The maximum Gasteiger partial charge on any atom is 0.233 e. The molecule has 1 saturated heterocycles. The van der Waals surface area contributed by atoms with Crippen LogP contribution in [0.3, 0.4) is 0 Å². The molecule has 0 N–H and O–H groups in total. The minimum atomic E-state index is 0.233. The predicted octanol–water partition coefficient (Wildman–Crippen LogP) is 4.31. The SMILES string of the molecule is Cc1ccccc1-c1nnc(SCC(=O)N2C[C@@]3(C)C[C@H]2CC(C)(C)C3)n1C. The first kappa shape index (κ1) is 19.5. The monoisotopic (exact) mass is 398 g/mol. The molecule has 1 amide bonds. The summed E-state index contributed by atoms with van der Waals surface area (Å²) in [5.41, 5.74) is 2.85. The molecule has 0 unspecified atom stereocenters. The van der Waals surface area contributed by atoms with Crippen LogP contribution in [0, 0.1) is 17.8 Å². The first-order chi connectivity index (χ1) is 13.2. The number of thioether (sulfide) groups is 1. The fraction of sp³-hybridized carbons (Fsp3) is 0.591. The molecule has 2 fully saturated rings. The van der Waals surface area contributed by atoms with Crippen molar-refractivity contribution < 1.29 is 4.79 Å². The molecule has 0 radical (unpaired) electrons. The molecule has 2 atom stereocenters. The molecule has 28 heavy (non-hydrogen) atoms. The number of hydrogen-bond donors (Lipinski definition) is 0. The summed E-state index contributed by atoms with van der Waals surface area (Å²) in [5.74, 6) is 1.50. The summed E-state index contributed by atoms with van der Waals surface area (Å²) >= 11 is 1.49. The highest BCUT2D eigenvalue weighted by atomic mass is 32.2. The van der Waals surface area contributed by atoms with Crippen LogP contribution < -0.4 is 0 Å². The number of amides is 1. The first-order valence-electron chi connectivity index (χ1n) is 10.1. The highest BCUT2D eigenvalue weighted by Crippen LogP contribution is 2.52. The Kier molecular flexibility index (Phi) is 4.81. The van der Waals surface area contributed by atoms with Crippen LogP contribution in [0.4, 0.5) is 0 Å². The van der Waals surface area contributed by atoms with Gasteiger partial charge in [-0.05, 0) is 42.6 Å². The summed E-state index contributed by atoms with van der Waals surface area (Å²) in [5, 5.41) is 9.50. The zero-order valence-corrected chi connectivity index (χ0v) is 18.3. The number of fused-ring (bicyclic) bond motifs is 2. The molecule has 1 aliphatic carbocycles. The van der Waals surface area contributed by atoms with Gasteiger partial charge < -0.3 is 9.47 Å². The average Bonchev–Trinajstić information content (AvgIpc) is 3.09. The second-order valence-corrected chi connectivity index (χ2v) is 10.6. The Balaban J connectivity index is 1.45. The Morgan fingerprint density at radius 2 is 1.96 bits per heavy atom. The maximum absolute atomic E-state index is 13.0. The Bertz CT molecular complexity index is 906. The van der Waals surface area contributed by atoms with Gasteiger partial charge in [-0.25, -0.2) is 0 Å². The van der Waals surface area contributed by atoms with E-state index >= 15 is 0 Å². The fourth-order valence-corrected chi connectivity index (χ4v) is 6.26. The second-order valence-electron chi connectivity index (χ2n) is 9.70. The van der Waals surface area contributed by atoms with E-state index in [4.69, 9.17) is 0 Å². The van der Waals surface area contributed by atoms with Gasteiger partial charge in [0.15, 0.2) is 11.0 Å². The van der Waals surface area contributed by atoms with Crippen molar-refractivity contribution in [3.8, 4) is 11.4 Å². The summed E-state index contributed by atoms with van der Waals surface area (Å²) in [4.78, 5) is 15.1. The lowest BCUT2D eigenvalue weighted by atomic mass is 9.65. The van der Waals surface area contributed by atoms with Gasteiger partial charge in [0.05, 0.1) is 5.75 Å². The van der Waals surface area contributed by atoms with E-state index in [1.54, 1.807) is 0 Å². The minimum Gasteiger partial charge on any atom is -0.338 e. The van der Waals surface area contributed by atoms with E-state index in [-0.39, 0.29) is 11.3 Å². The summed E-state index contributed by atoms with van der Waals surface area (Å²) in [6, 6.07) is 8.57. The van der Waals surface area contributed by atoms with Crippen molar-refractivity contribution in [1.82, 2.24) is 19.7 Å². The third-order valence-electron chi connectivity index (χ3n) is 6.28. The number of nitrogens with zero attached hydrogens (tertiary/aromatic N) is 4. The number of carbonyl (C=O) groups is 1. The average molecular weight is 399 g/mol. The van der Waals surface area contributed by atoms with Crippen LogP contribution >= 0.6 is 11.8 Å². The number of hydrogen-bond acceptors (Lipinski definition) is 4. The number of carbonyl (C=O) groups excluding carboxylic acids is 1. The van der Waals surface area contributed by atoms with Gasteiger partial charge in [-0.1, -0.05) is 56.8 Å². The Labute approximate surface area is 171 Å². The normalized spacial score (nSPS) is 25.9. The third-order valence-corrected chi connectivity index (χ3v) is 7.29. The highest BCUT2D eigenvalue weighted by Gasteiger charge is 2.50. The van der Waals surface area contributed by atoms with Gasteiger partial charge in [-0.2, -0.15) is 0 Å². The van der Waals surface area contributed by atoms with E-state index in [0.29, 0.717) is 17.2 Å². The second kappa shape index (κ2) is 6.90. The minimum absolute atomic E-state index is 0.233. The molecule has 2 bridgehead atoms. The largest absolute Gasteiger partial charge is 0.338 e. The van der Waals surface area contributed by atoms with Gasteiger partial charge in [0.25, 0.3) is 0 Å². The summed E-state index contributed by atoms with van der Waals surface area (Å²) < 4.78 is 1.99.